The number of aromatic nitrogens is 2. The molecule has 21 heavy (non-hydrogen) atoms. The van der Waals surface area contributed by atoms with Gasteiger partial charge in [0.25, 0.3) is 5.91 Å². The Balaban J connectivity index is 1.95. The molecule has 0 radical (unpaired) electrons. The minimum atomic E-state index is -0.878. The van der Waals surface area contributed by atoms with Crippen LogP contribution in [0.5, 0.6) is 0 Å². The molecule has 0 bridgehead atoms. The van der Waals surface area contributed by atoms with E-state index >= 15 is 0 Å². The van der Waals surface area contributed by atoms with Gasteiger partial charge in [0, 0.05) is 19.3 Å². The molecule has 2 aliphatic rings. The van der Waals surface area contributed by atoms with Crippen LogP contribution < -0.4 is 0 Å². The molecule has 1 aliphatic carbocycles. The minimum Gasteiger partial charge on any atom is -0.480 e. The highest BCUT2D eigenvalue weighted by Gasteiger charge is 2.50. The zero-order chi connectivity index (χ0) is 15.3. The lowest BCUT2D eigenvalue weighted by Gasteiger charge is -2.24. The van der Waals surface area contributed by atoms with Gasteiger partial charge in [0.1, 0.15) is 6.04 Å². The molecule has 3 atom stereocenters. The van der Waals surface area contributed by atoms with Crippen LogP contribution in [-0.2, 0) is 11.8 Å². The number of fused-ring (bicyclic) bond motifs is 1. The summed E-state index contributed by atoms with van der Waals surface area (Å²) >= 11 is 0. The molecule has 1 aromatic rings. The molecule has 6 heteroatoms. The van der Waals surface area contributed by atoms with Crippen molar-refractivity contribution in [3.63, 3.8) is 0 Å². The lowest BCUT2D eigenvalue weighted by Crippen LogP contribution is -2.43. The Morgan fingerprint density at radius 1 is 1.29 bits per heavy atom. The Kier molecular flexibility index (Phi) is 3.26. The van der Waals surface area contributed by atoms with Gasteiger partial charge < -0.3 is 10.0 Å². The van der Waals surface area contributed by atoms with Gasteiger partial charge in [0.05, 0.1) is 11.3 Å². The number of amides is 1. The van der Waals surface area contributed by atoms with Crippen LogP contribution in [0.1, 0.15) is 41.0 Å². The molecule has 1 aromatic heterocycles. The van der Waals surface area contributed by atoms with Crippen molar-refractivity contribution >= 4 is 11.9 Å². The third-order valence-electron chi connectivity index (χ3n) is 5.13. The average molecular weight is 291 g/mol. The lowest BCUT2D eigenvalue weighted by atomic mass is 9.94. The van der Waals surface area contributed by atoms with Crippen molar-refractivity contribution in [2.24, 2.45) is 18.9 Å². The number of hydrogen-bond acceptors (Lipinski definition) is 3. The average Bonchev–Trinajstić information content (AvgIpc) is 3.02. The quantitative estimate of drug-likeness (QED) is 0.892. The van der Waals surface area contributed by atoms with E-state index in [0.717, 1.165) is 25.0 Å². The largest absolute Gasteiger partial charge is 0.480 e. The molecule has 3 rings (SSSR count). The molecule has 2 fully saturated rings. The lowest BCUT2D eigenvalue weighted by molar-refractivity contribution is -0.142. The monoisotopic (exact) mass is 291 g/mol. The number of likely N-dealkylation sites (tertiary alicyclic amines) is 1. The fourth-order valence-corrected chi connectivity index (χ4v) is 4.06. The smallest absolute Gasteiger partial charge is 0.326 e. The van der Waals surface area contributed by atoms with Crippen molar-refractivity contribution < 1.29 is 14.7 Å². The first-order valence-electron chi connectivity index (χ1n) is 7.45. The first-order chi connectivity index (χ1) is 9.91. The summed E-state index contributed by atoms with van der Waals surface area (Å²) in [5, 5.41) is 13.8. The summed E-state index contributed by atoms with van der Waals surface area (Å²) in [6, 6.07) is -0.677. The molecule has 0 aromatic carbocycles. The molecule has 114 valence electrons. The van der Waals surface area contributed by atoms with Crippen molar-refractivity contribution in [3.8, 4) is 0 Å². The van der Waals surface area contributed by atoms with Gasteiger partial charge in [-0.3, -0.25) is 9.48 Å². The predicted octanol–water partition coefficient (Wildman–Crippen LogP) is 1.36. The summed E-state index contributed by atoms with van der Waals surface area (Å²) in [5.74, 6) is -0.604. The zero-order valence-electron chi connectivity index (χ0n) is 12.7. The molecule has 1 aliphatic heterocycles. The molecule has 3 unspecified atom stereocenters. The van der Waals surface area contributed by atoms with E-state index < -0.39 is 12.0 Å². The number of carboxylic acids is 1. The normalized spacial score (nSPS) is 28.0. The Morgan fingerprint density at radius 2 is 2.00 bits per heavy atom. The van der Waals surface area contributed by atoms with Crippen LogP contribution in [0.3, 0.4) is 0 Å². The van der Waals surface area contributed by atoms with Crippen LogP contribution >= 0.6 is 0 Å². The van der Waals surface area contributed by atoms with Crippen molar-refractivity contribution in [1.29, 1.82) is 0 Å². The Bertz CT molecular complexity index is 608. The van der Waals surface area contributed by atoms with Crippen LogP contribution in [0.2, 0.25) is 0 Å². The molecule has 1 N–H and O–H groups in total. The summed E-state index contributed by atoms with van der Waals surface area (Å²) in [6.07, 6.45) is 3.02. The van der Waals surface area contributed by atoms with E-state index in [4.69, 9.17) is 0 Å². The van der Waals surface area contributed by atoms with Crippen molar-refractivity contribution in [2.45, 2.75) is 39.2 Å². The number of aliphatic carboxylic acids is 1. The van der Waals surface area contributed by atoms with E-state index in [0.29, 0.717) is 23.7 Å². The highest BCUT2D eigenvalue weighted by Crippen LogP contribution is 2.43. The van der Waals surface area contributed by atoms with Gasteiger partial charge in [-0.2, -0.15) is 5.10 Å². The van der Waals surface area contributed by atoms with Crippen LogP contribution in [0.25, 0.3) is 0 Å². The van der Waals surface area contributed by atoms with Gasteiger partial charge in [-0.05, 0) is 38.5 Å². The first-order valence-corrected chi connectivity index (χ1v) is 7.45. The summed E-state index contributed by atoms with van der Waals surface area (Å²) in [6.45, 7) is 4.21. The van der Waals surface area contributed by atoms with Crippen LogP contribution in [0.4, 0.5) is 0 Å². The van der Waals surface area contributed by atoms with E-state index in [-0.39, 0.29) is 11.8 Å². The maximum atomic E-state index is 12.9. The maximum Gasteiger partial charge on any atom is 0.326 e. The summed E-state index contributed by atoms with van der Waals surface area (Å²) in [5.41, 5.74) is 2.02. The maximum absolute atomic E-state index is 12.9. The third-order valence-corrected chi connectivity index (χ3v) is 5.13. The number of hydrogen-bond donors (Lipinski definition) is 1. The van der Waals surface area contributed by atoms with Gasteiger partial charge in [0.15, 0.2) is 0 Å². The summed E-state index contributed by atoms with van der Waals surface area (Å²) in [7, 11) is 1.80. The molecule has 1 saturated carbocycles. The highest BCUT2D eigenvalue weighted by atomic mass is 16.4. The summed E-state index contributed by atoms with van der Waals surface area (Å²) < 4.78 is 1.68. The van der Waals surface area contributed by atoms with E-state index in [2.05, 4.69) is 5.10 Å². The Labute approximate surface area is 123 Å². The van der Waals surface area contributed by atoms with E-state index in [9.17, 15) is 14.7 Å². The number of carboxylic acid groups (broad SMARTS) is 1. The van der Waals surface area contributed by atoms with Gasteiger partial charge in [-0.25, -0.2) is 4.79 Å². The number of carbonyl (C=O) groups excluding carboxylic acids is 1. The van der Waals surface area contributed by atoms with Crippen molar-refractivity contribution in [1.82, 2.24) is 14.7 Å². The van der Waals surface area contributed by atoms with Crippen molar-refractivity contribution in [2.75, 3.05) is 6.54 Å². The standard InChI is InChI=1S/C15H21N3O3/c1-8-12(9(2)17(3)16-8)14(19)18-7-10-5-4-6-11(10)13(18)15(20)21/h10-11,13H,4-7H2,1-3H3,(H,20,21). The fraction of sp³-hybridized carbons (Fsp3) is 0.667. The second kappa shape index (κ2) is 4.86. The van der Waals surface area contributed by atoms with Gasteiger partial charge in [-0.15, -0.1) is 0 Å². The molecule has 6 nitrogen and oxygen atoms in total. The van der Waals surface area contributed by atoms with E-state index in [1.165, 1.54) is 0 Å². The number of rotatable bonds is 2. The van der Waals surface area contributed by atoms with E-state index in [1.807, 2.05) is 6.92 Å². The zero-order valence-corrected chi connectivity index (χ0v) is 12.7. The SMILES string of the molecule is Cc1nn(C)c(C)c1C(=O)N1CC2CCCC2C1C(=O)O. The molecule has 1 amide bonds. The molecule has 2 heterocycles. The van der Waals surface area contributed by atoms with E-state index in [1.54, 1.807) is 23.6 Å². The molecule has 1 saturated heterocycles. The molecular weight excluding hydrogens is 270 g/mol. The van der Waals surface area contributed by atoms with Gasteiger partial charge >= 0.3 is 5.97 Å². The summed E-state index contributed by atoms with van der Waals surface area (Å²) in [4.78, 5) is 26.1. The second-order valence-corrected chi connectivity index (χ2v) is 6.26. The number of carbonyl (C=O) groups is 2. The van der Waals surface area contributed by atoms with Crippen molar-refractivity contribution in [3.05, 3.63) is 17.0 Å². The highest BCUT2D eigenvalue weighted by molar-refractivity contribution is 5.99. The second-order valence-electron chi connectivity index (χ2n) is 6.26. The molecule has 0 spiro atoms. The number of nitrogens with zero attached hydrogens (tertiary/aromatic N) is 3. The number of aryl methyl sites for hydroxylation is 2. The predicted molar refractivity (Wildman–Crippen MR) is 76.0 cm³/mol. The van der Waals surface area contributed by atoms with Gasteiger partial charge in [0.2, 0.25) is 0 Å². The molecular formula is C15H21N3O3. The van der Waals surface area contributed by atoms with Crippen LogP contribution in [0, 0.1) is 25.7 Å². The minimum absolute atomic E-state index is 0.115. The van der Waals surface area contributed by atoms with Crippen LogP contribution in [0.15, 0.2) is 0 Å². The fourth-order valence-electron chi connectivity index (χ4n) is 4.06. The van der Waals surface area contributed by atoms with Gasteiger partial charge in [-0.1, -0.05) is 6.42 Å². The van der Waals surface area contributed by atoms with Crippen LogP contribution in [-0.4, -0.2) is 44.3 Å². The topological polar surface area (TPSA) is 75.4 Å². The Morgan fingerprint density at radius 3 is 2.57 bits per heavy atom. The Hall–Kier alpha value is -1.85. The third kappa shape index (κ3) is 2.04. The first kappa shape index (κ1) is 14.1.